The van der Waals surface area contributed by atoms with Gasteiger partial charge in [-0.25, -0.2) is 0 Å². The van der Waals surface area contributed by atoms with Gasteiger partial charge in [-0.15, -0.1) is 20.4 Å². The summed E-state index contributed by atoms with van der Waals surface area (Å²) in [5, 5.41) is 14.7. The number of halogens is 6. The summed E-state index contributed by atoms with van der Waals surface area (Å²) in [5.41, 5.74) is -1.70. The van der Waals surface area contributed by atoms with Crippen LogP contribution in [0.2, 0.25) is 0 Å². The van der Waals surface area contributed by atoms with E-state index < -0.39 is 23.5 Å². The Kier molecular flexibility index (Phi) is 4.34. The van der Waals surface area contributed by atoms with E-state index in [1.165, 1.54) is 24.3 Å². The second-order valence-electron chi connectivity index (χ2n) is 5.20. The summed E-state index contributed by atoms with van der Waals surface area (Å²) in [7, 11) is 0. The van der Waals surface area contributed by atoms with Crippen molar-refractivity contribution in [3.05, 3.63) is 59.7 Å². The van der Waals surface area contributed by atoms with Gasteiger partial charge in [-0.1, -0.05) is 24.3 Å². The Morgan fingerprint density at radius 1 is 0.538 bits per heavy atom. The summed E-state index contributed by atoms with van der Waals surface area (Å²) in [5.74, 6) is -0.348. The van der Waals surface area contributed by atoms with Crippen LogP contribution >= 0.6 is 0 Å². The summed E-state index contributed by atoms with van der Waals surface area (Å²) in [6.07, 6.45) is -9.07. The highest BCUT2D eigenvalue weighted by Crippen LogP contribution is 2.32. The molecule has 1 heterocycles. The second-order valence-corrected chi connectivity index (χ2v) is 5.20. The quantitative estimate of drug-likeness (QED) is 0.617. The number of aromatic nitrogens is 4. The molecule has 4 nitrogen and oxygen atoms in total. The molecule has 26 heavy (non-hydrogen) atoms. The minimum absolute atomic E-state index is 0.0374. The van der Waals surface area contributed by atoms with Crippen molar-refractivity contribution < 1.29 is 26.3 Å². The summed E-state index contributed by atoms with van der Waals surface area (Å²) >= 11 is 0. The van der Waals surface area contributed by atoms with E-state index in [4.69, 9.17) is 0 Å². The van der Waals surface area contributed by atoms with Gasteiger partial charge in [0.1, 0.15) is 0 Å². The Morgan fingerprint density at radius 3 is 1.19 bits per heavy atom. The first-order chi connectivity index (χ1) is 12.1. The van der Waals surface area contributed by atoms with E-state index in [1.54, 1.807) is 0 Å². The van der Waals surface area contributed by atoms with E-state index in [2.05, 4.69) is 20.4 Å². The molecule has 0 spiro atoms. The monoisotopic (exact) mass is 370 g/mol. The molecule has 2 aromatic carbocycles. The van der Waals surface area contributed by atoms with E-state index in [1.807, 2.05) is 0 Å². The molecule has 134 valence electrons. The number of nitrogens with zero attached hydrogens (tertiary/aromatic N) is 4. The third kappa shape index (κ3) is 3.79. The van der Waals surface area contributed by atoms with Crippen LogP contribution in [0.15, 0.2) is 48.5 Å². The number of alkyl halides is 6. The molecule has 3 aromatic rings. The first-order valence-electron chi connectivity index (χ1n) is 7.07. The Hall–Kier alpha value is -3.04. The highest BCUT2D eigenvalue weighted by Gasteiger charge is 2.31. The maximum Gasteiger partial charge on any atom is 0.416 e. The first-order valence-corrected chi connectivity index (χ1v) is 7.07. The molecular weight excluding hydrogens is 362 g/mol. The Labute approximate surface area is 142 Å². The Bertz CT molecular complexity index is 843. The normalized spacial score (nSPS) is 12.2. The highest BCUT2D eigenvalue weighted by molar-refractivity contribution is 5.58. The molecule has 0 saturated heterocycles. The lowest BCUT2D eigenvalue weighted by Gasteiger charge is -2.08. The third-order valence-corrected chi connectivity index (χ3v) is 3.38. The lowest BCUT2D eigenvalue weighted by molar-refractivity contribution is -0.138. The number of benzene rings is 2. The van der Waals surface area contributed by atoms with Gasteiger partial charge in [-0.3, -0.25) is 0 Å². The van der Waals surface area contributed by atoms with Crippen LogP contribution in [-0.4, -0.2) is 20.4 Å². The van der Waals surface area contributed by atoms with Gasteiger partial charge in [-0.2, -0.15) is 26.3 Å². The fourth-order valence-corrected chi connectivity index (χ4v) is 2.13. The summed E-state index contributed by atoms with van der Waals surface area (Å²) in [4.78, 5) is 0. The van der Waals surface area contributed by atoms with Gasteiger partial charge in [0.05, 0.1) is 11.1 Å². The largest absolute Gasteiger partial charge is 0.416 e. The van der Waals surface area contributed by atoms with Crippen molar-refractivity contribution >= 4 is 0 Å². The number of hydrogen-bond acceptors (Lipinski definition) is 4. The lowest BCUT2D eigenvalue weighted by Crippen LogP contribution is -2.06. The van der Waals surface area contributed by atoms with Crippen LogP contribution in [0.4, 0.5) is 26.3 Å². The molecule has 0 aliphatic rings. The predicted octanol–water partition coefficient (Wildman–Crippen LogP) is 4.64. The smallest absolute Gasteiger partial charge is 0.166 e. The summed E-state index contributed by atoms with van der Waals surface area (Å²) in [6.45, 7) is 0. The second kappa shape index (κ2) is 6.36. The van der Waals surface area contributed by atoms with Crippen molar-refractivity contribution in [2.24, 2.45) is 0 Å². The molecule has 0 fully saturated rings. The van der Waals surface area contributed by atoms with Crippen LogP contribution in [0.5, 0.6) is 0 Å². The molecule has 0 radical (unpaired) electrons. The molecule has 3 rings (SSSR count). The Balaban J connectivity index is 1.93. The molecule has 0 N–H and O–H groups in total. The van der Waals surface area contributed by atoms with Crippen LogP contribution in [-0.2, 0) is 12.4 Å². The molecule has 10 heteroatoms. The van der Waals surface area contributed by atoms with Gasteiger partial charge in [-0.05, 0) is 24.3 Å². The maximum absolute atomic E-state index is 12.7. The van der Waals surface area contributed by atoms with E-state index in [-0.39, 0.29) is 22.8 Å². The van der Waals surface area contributed by atoms with Crippen molar-refractivity contribution in [2.75, 3.05) is 0 Å². The van der Waals surface area contributed by atoms with Crippen LogP contribution < -0.4 is 0 Å². The first kappa shape index (κ1) is 17.8. The van der Waals surface area contributed by atoms with Gasteiger partial charge in [0.25, 0.3) is 0 Å². The molecular formula is C16H8F6N4. The molecule has 0 aliphatic carbocycles. The standard InChI is InChI=1S/C16H8F6N4/c17-15(18,19)11-5-1-3-9(7-11)13-23-25-14(26-24-13)10-4-2-6-12(8-10)16(20,21)22/h1-8H. The SMILES string of the molecule is FC(F)(F)c1cccc(-c2nnc(-c3cccc(C(F)(F)F)c3)nn2)c1. The van der Waals surface area contributed by atoms with Crippen LogP contribution in [0, 0.1) is 0 Å². The van der Waals surface area contributed by atoms with E-state index in [9.17, 15) is 26.3 Å². The molecule has 1 aromatic heterocycles. The van der Waals surface area contributed by atoms with E-state index >= 15 is 0 Å². The zero-order valence-electron chi connectivity index (χ0n) is 12.7. The zero-order chi connectivity index (χ0) is 18.9. The van der Waals surface area contributed by atoms with Crippen molar-refractivity contribution in [1.29, 1.82) is 0 Å². The summed E-state index contributed by atoms with van der Waals surface area (Å²) in [6, 6.07) is 8.51. The fraction of sp³-hybridized carbons (Fsp3) is 0.125. The van der Waals surface area contributed by atoms with Crippen LogP contribution in [0.1, 0.15) is 11.1 Å². The average Bonchev–Trinajstić information content (AvgIpc) is 2.61. The van der Waals surface area contributed by atoms with Crippen molar-refractivity contribution in [2.45, 2.75) is 12.4 Å². The van der Waals surface area contributed by atoms with Crippen molar-refractivity contribution in [3.8, 4) is 22.8 Å². The Morgan fingerprint density at radius 2 is 0.885 bits per heavy atom. The minimum atomic E-state index is -4.53. The molecule has 0 atom stereocenters. The predicted molar refractivity (Wildman–Crippen MR) is 78.5 cm³/mol. The van der Waals surface area contributed by atoms with E-state index in [0.717, 1.165) is 24.3 Å². The molecule has 0 aliphatic heterocycles. The number of rotatable bonds is 2. The lowest BCUT2D eigenvalue weighted by atomic mass is 10.1. The summed E-state index contributed by atoms with van der Waals surface area (Å²) < 4.78 is 76.4. The highest BCUT2D eigenvalue weighted by atomic mass is 19.4. The number of hydrogen-bond donors (Lipinski definition) is 0. The van der Waals surface area contributed by atoms with Crippen LogP contribution in [0.3, 0.4) is 0 Å². The molecule has 0 bridgehead atoms. The molecule has 0 amide bonds. The topological polar surface area (TPSA) is 51.6 Å². The zero-order valence-corrected chi connectivity index (χ0v) is 12.7. The van der Waals surface area contributed by atoms with Gasteiger partial charge in [0, 0.05) is 11.1 Å². The van der Waals surface area contributed by atoms with Gasteiger partial charge < -0.3 is 0 Å². The molecule has 0 saturated carbocycles. The van der Waals surface area contributed by atoms with Gasteiger partial charge >= 0.3 is 12.4 Å². The van der Waals surface area contributed by atoms with Gasteiger partial charge in [0.15, 0.2) is 0 Å². The maximum atomic E-state index is 12.7. The van der Waals surface area contributed by atoms with E-state index in [0.29, 0.717) is 0 Å². The van der Waals surface area contributed by atoms with Crippen molar-refractivity contribution in [3.63, 3.8) is 0 Å². The van der Waals surface area contributed by atoms with Crippen LogP contribution in [0.25, 0.3) is 22.8 Å². The van der Waals surface area contributed by atoms with Crippen molar-refractivity contribution in [1.82, 2.24) is 20.4 Å². The minimum Gasteiger partial charge on any atom is -0.166 e. The van der Waals surface area contributed by atoms with Gasteiger partial charge in [0.2, 0.25) is 11.6 Å². The fourth-order valence-electron chi connectivity index (χ4n) is 2.13. The third-order valence-electron chi connectivity index (χ3n) is 3.38. The molecule has 0 unspecified atom stereocenters. The average molecular weight is 370 g/mol.